The summed E-state index contributed by atoms with van der Waals surface area (Å²) in [4.78, 5) is 4.59. The molecule has 0 saturated heterocycles. The van der Waals surface area contributed by atoms with E-state index in [-0.39, 0.29) is 0 Å². The third kappa shape index (κ3) is 3.54. The van der Waals surface area contributed by atoms with Gasteiger partial charge in [0.2, 0.25) is 0 Å². The molecule has 0 aliphatic carbocycles. The Morgan fingerprint density at radius 3 is 2.48 bits per heavy atom. The zero-order valence-electron chi connectivity index (χ0n) is 13.2. The molecule has 0 amide bonds. The minimum absolute atomic E-state index is 0.410. The highest BCUT2D eigenvalue weighted by Gasteiger charge is 2.22. The number of aromatic nitrogens is 1. The van der Waals surface area contributed by atoms with E-state index in [2.05, 4.69) is 54.2 Å². The largest absolute Gasteiger partial charge is 0.382 e. The van der Waals surface area contributed by atoms with E-state index in [0.717, 1.165) is 29.2 Å². The number of anilines is 2. The minimum Gasteiger partial charge on any atom is -0.382 e. The van der Waals surface area contributed by atoms with Gasteiger partial charge in [-0.25, -0.2) is 0 Å². The average molecular weight is 304 g/mol. The predicted octanol–water partition coefficient (Wildman–Crippen LogP) is 3.17. The molecule has 21 heavy (non-hydrogen) atoms. The molecule has 0 fully saturated rings. The zero-order chi connectivity index (χ0) is 15.4. The van der Waals surface area contributed by atoms with E-state index in [1.807, 2.05) is 18.2 Å². The van der Waals surface area contributed by atoms with Crippen LogP contribution in [0.5, 0.6) is 0 Å². The van der Waals surface area contributed by atoms with Gasteiger partial charge in [0.05, 0.1) is 5.56 Å². The third-order valence-corrected chi connectivity index (χ3v) is 4.43. The molecule has 2 rings (SSSR count). The van der Waals surface area contributed by atoms with Gasteiger partial charge in [0.1, 0.15) is 10.8 Å². The molecule has 114 valence electrons. The van der Waals surface area contributed by atoms with Gasteiger partial charge in [-0.05, 0) is 45.0 Å². The van der Waals surface area contributed by atoms with Crippen molar-refractivity contribution in [2.45, 2.75) is 19.9 Å². The van der Waals surface area contributed by atoms with Crippen LogP contribution in [0.4, 0.5) is 10.8 Å². The van der Waals surface area contributed by atoms with Crippen LogP contribution in [0.2, 0.25) is 0 Å². The lowest BCUT2D eigenvalue weighted by Gasteiger charge is -2.31. The summed E-state index contributed by atoms with van der Waals surface area (Å²) in [5, 5.41) is 1.16. The Morgan fingerprint density at radius 2 is 1.90 bits per heavy atom. The molecule has 2 N–H and O–H groups in total. The Labute approximate surface area is 131 Å². The van der Waals surface area contributed by atoms with Crippen molar-refractivity contribution < 1.29 is 0 Å². The molecule has 1 unspecified atom stereocenters. The van der Waals surface area contributed by atoms with E-state index in [1.165, 1.54) is 11.5 Å². The van der Waals surface area contributed by atoms with E-state index >= 15 is 0 Å². The number of nitrogens with two attached hydrogens (primary N) is 1. The first kappa shape index (κ1) is 15.8. The number of nitrogen functional groups attached to an aromatic ring is 1. The molecule has 0 aliphatic rings. The Bertz CT molecular complexity index is 565. The molecule has 5 heteroatoms. The van der Waals surface area contributed by atoms with E-state index in [1.54, 1.807) is 0 Å². The summed E-state index contributed by atoms with van der Waals surface area (Å²) in [6.07, 6.45) is 0. The molecule has 0 radical (unpaired) electrons. The van der Waals surface area contributed by atoms with Crippen molar-refractivity contribution in [3.63, 3.8) is 0 Å². The smallest absolute Gasteiger partial charge is 0.147 e. The second-order valence-corrected chi connectivity index (χ2v) is 6.26. The Morgan fingerprint density at radius 1 is 1.24 bits per heavy atom. The Hall–Kier alpha value is -1.59. The molecular formula is C16H24N4S. The van der Waals surface area contributed by atoms with Crippen LogP contribution in [-0.4, -0.2) is 42.5 Å². The van der Waals surface area contributed by atoms with Gasteiger partial charge in [-0.3, -0.25) is 0 Å². The number of likely N-dealkylation sites (N-methyl/N-ethyl adjacent to an activating group) is 2. The summed E-state index contributed by atoms with van der Waals surface area (Å²) in [7, 11) is 4.20. The predicted molar refractivity (Wildman–Crippen MR) is 93.0 cm³/mol. The first-order valence-corrected chi connectivity index (χ1v) is 8.03. The first-order chi connectivity index (χ1) is 10.0. The lowest BCUT2D eigenvalue weighted by atomic mass is 10.1. The highest BCUT2D eigenvalue weighted by Crippen LogP contribution is 2.39. The van der Waals surface area contributed by atoms with Crippen LogP contribution in [0.3, 0.4) is 0 Å². The summed E-state index contributed by atoms with van der Waals surface area (Å²) in [6.45, 7) is 6.36. The maximum Gasteiger partial charge on any atom is 0.147 e. The van der Waals surface area contributed by atoms with Gasteiger partial charge in [-0.1, -0.05) is 30.3 Å². The van der Waals surface area contributed by atoms with Crippen LogP contribution in [0.1, 0.15) is 13.8 Å². The van der Waals surface area contributed by atoms with Crippen molar-refractivity contribution in [1.82, 2.24) is 9.27 Å². The number of hydrogen-bond donors (Lipinski definition) is 1. The van der Waals surface area contributed by atoms with Crippen LogP contribution >= 0.6 is 11.5 Å². The van der Waals surface area contributed by atoms with Crippen molar-refractivity contribution in [3.8, 4) is 11.1 Å². The van der Waals surface area contributed by atoms with Gasteiger partial charge in [-0.2, -0.15) is 4.37 Å². The van der Waals surface area contributed by atoms with Crippen LogP contribution in [0.15, 0.2) is 30.3 Å². The Kier molecular flexibility index (Phi) is 5.20. The fourth-order valence-electron chi connectivity index (χ4n) is 2.65. The summed E-state index contributed by atoms with van der Waals surface area (Å²) >= 11 is 1.49. The molecule has 0 saturated carbocycles. The molecule has 2 aromatic rings. The normalized spacial score (nSPS) is 12.6. The topological polar surface area (TPSA) is 45.4 Å². The summed E-state index contributed by atoms with van der Waals surface area (Å²) in [5.41, 5.74) is 8.33. The first-order valence-electron chi connectivity index (χ1n) is 7.26. The lowest BCUT2D eigenvalue weighted by molar-refractivity contribution is 0.373. The monoisotopic (exact) mass is 304 g/mol. The van der Waals surface area contributed by atoms with Gasteiger partial charge in [0, 0.05) is 19.1 Å². The van der Waals surface area contributed by atoms with Gasteiger partial charge < -0.3 is 15.5 Å². The molecule has 4 nitrogen and oxygen atoms in total. The van der Waals surface area contributed by atoms with Crippen LogP contribution < -0.4 is 10.6 Å². The highest BCUT2D eigenvalue weighted by atomic mass is 32.1. The van der Waals surface area contributed by atoms with Crippen molar-refractivity contribution in [2.24, 2.45) is 0 Å². The van der Waals surface area contributed by atoms with Gasteiger partial charge >= 0.3 is 0 Å². The standard InChI is InChI=1S/C16H24N4S/c1-5-20(12(2)11-19(3)4)16-14(15(17)18-21-16)13-9-7-6-8-10-13/h6-10,12H,5,11H2,1-4H3,(H2,17,18). The minimum atomic E-state index is 0.410. The number of rotatable bonds is 6. The summed E-state index contributed by atoms with van der Waals surface area (Å²) in [5.74, 6) is 0.622. The van der Waals surface area contributed by atoms with Crippen LogP contribution in [-0.2, 0) is 0 Å². The van der Waals surface area contributed by atoms with E-state index in [0.29, 0.717) is 11.9 Å². The van der Waals surface area contributed by atoms with Gasteiger partial charge in [-0.15, -0.1) is 0 Å². The van der Waals surface area contributed by atoms with Gasteiger partial charge in [0.15, 0.2) is 0 Å². The lowest BCUT2D eigenvalue weighted by Crippen LogP contribution is -2.39. The molecule has 1 heterocycles. The van der Waals surface area contributed by atoms with Crippen molar-refractivity contribution in [1.29, 1.82) is 0 Å². The zero-order valence-corrected chi connectivity index (χ0v) is 14.0. The fraction of sp³-hybridized carbons (Fsp3) is 0.438. The maximum absolute atomic E-state index is 6.13. The molecule has 1 atom stereocenters. The summed E-state index contributed by atoms with van der Waals surface area (Å²) in [6, 6.07) is 10.7. The fourth-order valence-corrected chi connectivity index (χ4v) is 3.65. The van der Waals surface area contributed by atoms with Crippen molar-refractivity contribution >= 4 is 22.4 Å². The molecule has 1 aromatic carbocycles. The molecule has 0 aliphatic heterocycles. The Balaban J connectivity index is 2.39. The molecule has 0 bridgehead atoms. The number of benzene rings is 1. The van der Waals surface area contributed by atoms with E-state index in [9.17, 15) is 0 Å². The number of nitrogens with zero attached hydrogens (tertiary/aromatic N) is 3. The quantitative estimate of drug-likeness (QED) is 0.890. The average Bonchev–Trinajstić information content (AvgIpc) is 2.81. The second kappa shape index (κ2) is 6.91. The second-order valence-electron chi connectivity index (χ2n) is 5.51. The molecule has 0 spiro atoms. The molecule has 1 aromatic heterocycles. The highest BCUT2D eigenvalue weighted by molar-refractivity contribution is 7.11. The third-order valence-electron chi connectivity index (χ3n) is 3.53. The number of hydrogen-bond acceptors (Lipinski definition) is 5. The van der Waals surface area contributed by atoms with Gasteiger partial charge in [0.25, 0.3) is 0 Å². The van der Waals surface area contributed by atoms with Crippen LogP contribution in [0.25, 0.3) is 11.1 Å². The maximum atomic E-state index is 6.13. The van der Waals surface area contributed by atoms with Crippen molar-refractivity contribution in [3.05, 3.63) is 30.3 Å². The van der Waals surface area contributed by atoms with E-state index in [4.69, 9.17) is 5.73 Å². The van der Waals surface area contributed by atoms with Crippen molar-refractivity contribution in [2.75, 3.05) is 37.8 Å². The SMILES string of the molecule is CCN(c1snc(N)c1-c1ccccc1)C(C)CN(C)C. The summed E-state index contributed by atoms with van der Waals surface area (Å²) < 4.78 is 4.39. The van der Waals surface area contributed by atoms with Crippen LogP contribution in [0, 0.1) is 0 Å². The van der Waals surface area contributed by atoms with E-state index < -0.39 is 0 Å². The molecular weight excluding hydrogens is 280 g/mol.